The molecule has 0 saturated carbocycles. The molecule has 0 spiro atoms. The van der Waals surface area contributed by atoms with Gasteiger partial charge in [0.05, 0.1) is 18.6 Å². The standard InChI is InChI=1S/C11H10N2O5S/c1-17-9-4-7(6-14)2-3-8(9)18-11-12-5-10(19-11)13(15)16/h2-5,14H,6H2,1H3. The number of nitrogens with zero attached hydrogens (tertiary/aromatic N) is 2. The van der Waals surface area contributed by atoms with Crippen molar-refractivity contribution in [1.82, 2.24) is 4.98 Å². The molecule has 2 rings (SSSR count). The van der Waals surface area contributed by atoms with Gasteiger partial charge >= 0.3 is 5.00 Å². The van der Waals surface area contributed by atoms with Crippen LogP contribution in [0.25, 0.3) is 0 Å². The van der Waals surface area contributed by atoms with E-state index in [1.165, 1.54) is 7.11 Å². The van der Waals surface area contributed by atoms with Gasteiger partial charge in [0.15, 0.2) is 11.5 Å². The summed E-state index contributed by atoms with van der Waals surface area (Å²) in [6.07, 6.45) is 1.13. The van der Waals surface area contributed by atoms with Gasteiger partial charge in [-0.25, -0.2) is 4.98 Å². The smallest absolute Gasteiger partial charge is 0.347 e. The Morgan fingerprint density at radius 3 is 2.84 bits per heavy atom. The van der Waals surface area contributed by atoms with Gasteiger partial charge in [0.1, 0.15) is 6.20 Å². The lowest BCUT2D eigenvalue weighted by Crippen LogP contribution is -1.92. The van der Waals surface area contributed by atoms with E-state index in [2.05, 4.69) is 4.98 Å². The number of methoxy groups -OCH3 is 1. The highest BCUT2D eigenvalue weighted by molar-refractivity contribution is 7.16. The van der Waals surface area contributed by atoms with Gasteiger partial charge in [-0.05, 0) is 29.0 Å². The third-order valence-corrected chi connectivity index (χ3v) is 3.09. The largest absolute Gasteiger partial charge is 0.493 e. The van der Waals surface area contributed by atoms with Crippen molar-refractivity contribution in [2.75, 3.05) is 7.11 Å². The molecule has 1 heterocycles. The molecule has 100 valence electrons. The van der Waals surface area contributed by atoms with Crippen molar-refractivity contribution >= 4 is 16.3 Å². The lowest BCUT2D eigenvalue weighted by Gasteiger charge is -2.08. The maximum atomic E-state index is 10.5. The van der Waals surface area contributed by atoms with Crippen LogP contribution in [0.5, 0.6) is 16.7 Å². The molecule has 7 nitrogen and oxygen atoms in total. The minimum atomic E-state index is -0.531. The molecule has 0 radical (unpaired) electrons. The molecular formula is C11H10N2O5S. The van der Waals surface area contributed by atoms with Gasteiger partial charge in [0, 0.05) is 0 Å². The summed E-state index contributed by atoms with van der Waals surface area (Å²) < 4.78 is 10.5. The highest BCUT2D eigenvalue weighted by atomic mass is 32.1. The molecule has 0 aliphatic rings. The minimum Gasteiger partial charge on any atom is -0.493 e. The van der Waals surface area contributed by atoms with E-state index in [9.17, 15) is 10.1 Å². The number of hydrogen-bond donors (Lipinski definition) is 1. The summed E-state index contributed by atoms with van der Waals surface area (Å²) in [7, 11) is 1.47. The topological polar surface area (TPSA) is 94.7 Å². The third-order valence-electron chi connectivity index (χ3n) is 2.26. The molecule has 8 heteroatoms. The molecule has 0 saturated heterocycles. The van der Waals surface area contributed by atoms with Crippen LogP contribution in [0.1, 0.15) is 5.56 Å². The van der Waals surface area contributed by atoms with E-state index in [1.807, 2.05) is 0 Å². The molecular weight excluding hydrogens is 272 g/mol. The number of thiazole rings is 1. The van der Waals surface area contributed by atoms with Gasteiger partial charge in [-0.1, -0.05) is 6.07 Å². The molecule has 1 aromatic heterocycles. The number of nitro groups is 1. The van der Waals surface area contributed by atoms with Crippen LogP contribution in [-0.4, -0.2) is 22.1 Å². The van der Waals surface area contributed by atoms with Gasteiger partial charge < -0.3 is 14.6 Å². The number of hydrogen-bond acceptors (Lipinski definition) is 7. The first-order valence-corrected chi connectivity index (χ1v) is 6.01. The lowest BCUT2D eigenvalue weighted by molar-refractivity contribution is -0.380. The number of aromatic nitrogens is 1. The average Bonchev–Trinajstić information content (AvgIpc) is 2.88. The van der Waals surface area contributed by atoms with Gasteiger partial charge in [-0.15, -0.1) is 0 Å². The molecule has 19 heavy (non-hydrogen) atoms. The van der Waals surface area contributed by atoms with Crippen molar-refractivity contribution < 1.29 is 19.5 Å². The first-order chi connectivity index (χ1) is 9.13. The monoisotopic (exact) mass is 282 g/mol. The Labute approximate surface area is 112 Å². The Balaban J connectivity index is 2.24. The Hall–Kier alpha value is -2.19. The highest BCUT2D eigenvalue weighted by Gasteiger charge is 2.15. The van der Waals surface area contributed by atoms with E-state index >= 15 is 0 Å². The quantitative estimate of drug-likeness (QED) is 0.668. The van der Waals surface area contributed by atoms with Crippen LogP contribution in [-0.2, 0) is 6.61 Å². The van der Waals surface area contributed by atoms with E-state index < -0.39 is 4.92 Å². The van der Waals surface area contributed by atoms with E-state index in [4.69, 9.17) is 14.6 Å². The van der Waals surface area contributed by atoms with Crippen LogP contribution < -0.4 is 9.47 Å². The Morgan fingerprint density at radius 1 is 1.47 bits per heavy atom. The molecule has 0 fully saturated rings. The van der Waals surface area contributed by atoms with Crippen LogP contribution in [0.2, 0.25) is 0 Å². The maximum Gasteiger partial charge on any atom is 0.347 e. The van der Waals surface area contributed by atoms with Gasteiger partial charge in [0.25, 0.3) is 5.19 Å². The average molecular weight is 282 g/mol. The summed E-state index contributed by atoms with van der Waals surface area (Å²) in [6, 6.07) is 4.90. The zero-order valence-corrected chi connectivity index (χ0v) is 10.7. The summed E-state index contributed by atoms with van der Waals surface area (Å²) in [5, 5.41) is 19.6. The van der Waals surface area contributed by atoms with E-state index in [0.717, 1.165) is 17.5 Å². The van der Waals surface area contributed by atoms with Gasteiger partial charge in [-0.3, -0.25) is 10.1 Å². The number of aliphatic hydroxyl groups is 1. The van der Waals surface area contributed by atoms with Crippen LogP contribution >= 0.6 is 11.3 Å². The minimum absolute atomic E-state index is 0.0963. The van der Waals surface area contributed by atoms with Crippen molar-refractivity contribution in [2.24, 2.45) is 0 Å². The molecule has 0 unspecified atom stereocenters. The van der Waals surface area contributed by atoms with Crippen molar-refractivity contribution in [2.45, 2.75) is 6.61 Å². The van der Waals surface area contributed by atoms with E-state index in [1.54, 1.807) is 18.2 Å². The van der Waals surface area contributed by atoms with Crippen molar-refractivity contribution in [1.29, 1.82) is 0 Å². The molecule has 0 aliphatic carbocycles. The lowest BCUT2D eigenvalue weighted by atomic mass is 10.2. The highest BCUT2D eigenvalue weighted by Crippen LogP contribution is 2.36. The second-order valence-corrected chi connectivity index (χ2v) is 4.44. The molecule has 0 aliphatic heterocycles. The van der Waals surface area contributed by atoms with Crippen LogP contribution in [0, 0.1) is 10.1 Å². The van der Waals surface area contributed by atoms with E-state index in [-0.39, 0.29) is 16.8 Å². The summed E-state index contributed by atoms with van der Waals surface area (Å²) in [6.45, 7) is -0.112. The van der Waals surface area contributed by atoms with E-state index in [0.29, 0.717) is 17.1 Å². The summed E-state index contributed by atoms with van der Waals surface area (Å²) in [5.41, 5.74) is 0.675. The van der Waals surface area contributed by atoms with Crippen molar-refractivity contribution in [3.63, 3.8) is 0 Å². The second-order valence-electron chi connectivity index (χ2n) is 3.47. The Bertz CT molecular complexity index is 599. The first-order valence-electron chi connectivity index (χ1n) is 5.20. The molecule has 1 N–H and O–H groups in total. The molecule has 2 aromatic rings. The number of benzene rings is 1. The van der Waals surface area contributed by atoms with Gasteiger partial charge in [0.2, 0.25) is 0 Å². The maximum absolute atomic E-state index is 10.5. The summed E-state index contributed by atoms with van der Waals surface area (Å²) >= 11 is 0.828. The van der Waals surface area contributed by atoms with Crippen molar-refractivity contribution in [3.8, 4) is 16.7 Å². The molecule has 0 atom stereocenters. The second kappa shape index (κ2) is 5.63. The summed E-state index contributed by atoms with van der Waals surface area (Å²) in [4.78, 5) is 13.8. The Morgan fingerprint density at radius 2 is 2.26 bits per heavy atom. The fraction of sp³-hybridized carbons (Fsp3) is 0.182. The predicted octanol–water partition coefficient (Wildman–Crippen LogP) is 2.34. The van der Waals surface area contributed by atoms with Crippen LogP contribution in [0.4, 0.5) is 5.00 Å². The number of ether oxygens (including phenoxy) is 2. The van der Waals surface area contributed by atoms with Crippen molar-refractivity contribution in [3.05, 3.63) is 40.1 Å². The first kappa shape index (κ1) is 13.2. The third kappa shape index (κ3) is 2.98. The van der Waals surface area contributed by atoms with Crippen LogP contribution in [0.15, 0.2) is 24.4 Å². The normalized spacial score (nSPS) is 10.2. The van der Waals surface area contributed by atoms with Gasteiger partial charge in [-0.2, -0.15) is 0 Å². The molecule has 0 bridgehead atoms. The zero-order chi connectivity index (χ0) is 13.8. The fourth-order valence-corrected chi connectivity index (χ4v) is 1.97. The van der Waals surface area contributed by atoms with Crippen LogP contribution in [0.3, 0.4) is 0 Å². The zero-order valence-electron chi connectivity index (χ0n) is 9.90. The predicted molar refractivity (Wildman–Crippen MR) is 67.8 cm³/mol. The number of rotatable bonds is 5. The Kier molecular flexibility index (Phi) is 3.93. The molecule has 0 amide bonds. The fourth-order valence-electron chi connectivity index (χ4n) is 1.37. The molecule has 1 aromatic carbocycles. The number of aliphatic hydroxyl groups excluding tert-OH is 1. The summed E-state index contributed by atoms with van der Waals surface area (Å²) in [5.74, 6) is 0.799. The SMILES string of the molecule is COc1cc(CO)ccc1Oc1ncc([N+](=O)[O-])s1.